The fourth-order valence-corrected chi connectivity index (χ4v) is 2.30. The predicted molar refractivity (Wildman–Crippen MR) is 73.4 cm³/mol. The lowest BCUT2D eigenvalue weighted by molar-refractivity contribution is 0.0772. The molecule has 5 nitrogen and oxygen atoms in total. The van der Waals surface area contributed by atoms with Crippen LogP contribution in [0.4, 0.5) is 0 Å². The van der Waals surface area contributed by atoms with Crippen molar-refractivity contribution in [3.05, 3.63) is 54.6 Å². The highest BCUT2D eigenvalue weighted by Crippen LogP contribution is 2.19. The lowest BCUT2D eigenvalue weighted by Gasteiger charge is -2.17. The molecule has 1 aliphatic heterocycles. The van der Waals surface area contributed by atoms with Gasteiger partial charge in [0.25, 0.3) is 5.91 Å². The van der Waals surface area contributed by atoms with Crippen LogP contribution in [-0.2, 0) is 0 Å². The van der Waals surface area contributed by atoms with Crippen molar-refractivity contribution in [2.24, 2.45) is 0 Å². The molecule has 0 unspecified atom stereocenters. The number of hydrogen-bond donors (Lipinski definition) is 0. The van der Waals surface area contributed by atoms with Gasteiger partial charge in [0.05, 0.1) is 6.54 Å². The van der Waals surface area contributed by atoms with Crippen molar-refractivity contribution in [2.45, 2.75) is 12.5 Å². The quantitative estimate of drug-likeness (QED) is 0.852. The van der Waals surface area contributed by atoms with E-state index in [0.717, 1.165) is 18.7 Å². The number of rotatable bonds is 3. The van der Waals surface area contributed by atoms with E-state index in [0.29, 0.717) is 12.1 Å². The molecule has 1 atom stereocenters. The second-order valence-electron chi connectivity index (χ2n) is 4.70. The first-order valence-corrected chi connectivity index (χ1v) is 6.59. The minimum absolute atomic E-state index is 0.0354. The fraction of sp³-hybridized carbons (Fsp3) is 0.267. The number of ether oxygens (including phenoxy) is 1. The average Bonchev–Trinajstić information content (AvgIpc) is 2.97. The number of carbonyl (C=O) groups is 1. The highest BCUT2D eigenvalue weighted by Gasteiger charge is 2.28. The molecule has 1 amide bonds. The summed E-state index contributed by atoms with van der Waals surface area (Å²) < 4.78 is 5.85. The van der Waals surface area contributed by atoms with Crippen LogP contribution in [0.3, 0.4) is 0 Å². The Morgan fingerprint density at radius 1 is 1.10 bits per heavy atom. The maximum Gasteiger partial charge on any atom is 0.254 e. The van der Waals surface area contributed by atoms with E-state index in [9.17, 15) is 4.79 Å². The molecule has 2 aromatic heterocycles. The number of nitrogens with zero attached hydrogens (tertiary/aromatic N) is 3. The Bertz CT molecular complexity index is 574. The predicted octanol–water partition coefficient (Wildman–Crippen LogP) is 1.77. The molecule has 1 aliphatic rings. The first-order chi connectivity index (χ1) is 9.83. The molecule has 3 rings (SSSR count). The van der Waals surface area contributed by atoms with Crippen LogP contribution in [0.25, 0.3) is 0 Å². The molecular formula is C15H15N3O2. The summed E-state index contributed by atoms with van der Waals surface area (Å²) in [6, 6.07) is 7.12. The van der Waals surface area contributed by atoms with Gasteiger partial charge >= 0.3 is 0 Å². The molecule has 3 heterocycles. The van der Waals surface area contributed by atoms with Crippen molar-refractivity contribution in [2.75, 3.05) is 13.1 Å². The molecule has 0 N–H and O–H groups in total. The van der Waals surface area contributed by atoms with Crippen LogP contribution in [0.15, 0.2) is 49.1 Å². The molecule has 5 heteroatoms. The Kier molecular flexibility index (Phi) is 3.58. The molecule has 0 aliphatic carbocycles. The van der Waals surface area contributed by atoms with Crippen molar-refractivity contribution in [3.8, 4) is 5.75 Å². The fourth-order valence-electron chi connectivity index (χ4n) is 2.30. The average molecular weight is 269 g/mol. The summed E-state index contributed by atoms with van der Waals surface area (Å²) in [5, 5.41) is 0. The number of carbonyl (C=O) groups excluding carboxylic acids is 1. The third kappa shape index (κ3) is 2.77. The Hall–Kier alpha value is -2.43. The van der Waals surface area contributed by atoms with Gasteiger partial charge in [-0.05, 0) is 24.3 Å². The molecule has 0 radical (unpaired) electrons. The summed E-state index contributed by atoms with van der Waals surface area (Å²) >= 11 is 0. The zero-order valence-electron chi connectivity index (χ0n) is 11.0. The van der Waals surface area contributed by atoms with Gasteiger partial charge in [0.2, 0.25) is 0 Å². The van der Waals surface area contributed by atoms with E-state index < -0.39 is 0 Å². The third-order valence-electron chi connectivity index (χ3n) is 3.31. The molecular weight excluding hydrogens is 254 g/mol. The number of aromatic nitrogens is 2. The Labute approximate surface area is 117 Å². The van der Waals surface area contributed by atoms with E-state index in [2.05, 4.69) is 9.97 Å². The van der Waals surface area contributed by atoms with Gasteiger partial charge < -0.3 is 9.64 Å². The largest absolute Gasteiger partial charge is 0.488 e. The highest BCUT2D eigenvalue weighted by atomic mass is 16.5. The van der Waals surface area contributed by atoms with Gasteiger partial charge in [0.1, 0.15) is 11.9 Å². The molecule has 0 saturated carbocycles. The van der Waals surface area contributed by atoms with Crippen LogP contribution in [0.1, 0.15) is 16.8 Å². The maximum absolute atomic E-state index is 12.3. The summed E-state index contributed by atoms with van der Waals surface area (Å²) in [6.07, 6.45) is 7.55. The van der Waals surface area contributed by atoms with Gasteiger partial charge in [0.15, 0.2) is 0 Å². The topological polar surface area (TPSA) is 55.3 Å². The number of likely N-dealkylation sites (tertiary alicyclic amines) is 1. The minimum atomic E-state index is 0.0354. The smallest absolute Gasteiger partial charge is 0.254 e. The van der Waals surface area contributed by atoms with Crippen LogP contribution >= 0.6 is 0 Å². The standard InChI is InChI=1S/C15H15N3O2/c19-15(12-1-6-16-7-2-12)18-10-5-14(11-18)20-13-3-8-17-9-4-13/h1-4,6-9,14H,5,10-11H2/t14-/m0/s1. The number of hydrogen-bond acceptors (Lipinski definition) is 4. The van der Waals surface area contributed by atoms with Crippen LogP contribution in [-0.4, -0.2) is 40.0 Å². The van der Waals surface area contributed by atoms with Gasteiger partial charge in [0, 0.05) is 43.3 Å². The van der Waals surface area contributed by atoms with Crippen molar-refractivity contribution in [1.82, 2.24) is 14.9 Å². The van der Waals surface area contributed by atoms with Gasteiger partial charge in [-0.2, -0.15) is 0 Å². The van der Waals surface area contributed by atoms with Crippen LogP contribution in [0.2, 0.25) is 0 Å². The first-order valence-electron chi connectivity index (χ1n) is 6.59. The zero-order chi connectivity index (χ0) is 13.8. The lowest BCUT2D eigenvalue weighted by atomic mass is 10.2. The third-order valence-corrected chi connectivity index (χ3v) is 3.31. The van der Waals surface area contributed by atoms with E-state index in [1.54, 1.807) is 36.9 Å². The van der Waals surface area contributed by atoms with Crippen LogP contribution in [0, 0.1) is 0 Å². The molecule has 102 valence electrons. The van der Waals surface area contributed by atoms with Gasteiger partial charge in [-0.3, -0.25) is 14.8 Å². The van der Waals surface area contributed by atoms with Gasteiger partial charge in [-0.15, -0.1) is 0 Å². The summed E-state index contributed by atoms with van der Waals surface area (Å²) in [4.78, 5) is 22.0. The molecule has 0 bridgehead atoms. The summed E-state index contributed by atoms with van der Waals surface area (Å²) in [7, 11) is 0. The van der Waals surface area contributed by atoms with Crippen molar-refractivity contribution >= 4 is 5.91 Å². The minimum Gasteiger partial charge on any atom is -0.488 e. The second-order valence-corrected chi connectivity index (χ2v) is 4.70. The van der Waals surface area contributed by atoms with Crippen LogP contribution in [0.5, 0.6) is 5.75 Å². The number of pyridine rings is 2. The Morgan fingerprint density at radius 2 is 1.75 bits per heavy atom. The van der Waals surface area contributed by atoms with E-state index in [4.69, 9.17) is 4.74 Å². The van der Waals surface area contributed by atoms with Crippen LogP contribution < -0.4 is 4.74 Å². The van der Waals surface area contributed by atoms with Gasteiger partial charge in [-0.25, -0.2) is 0 Å². The molecule has 1 saturated heterocycles. The molecule has 0 spiro atoms. The summed E-state index contributed by atoms with van der Waals surface area (Å²) in [5.41, 5.74) is 0.671. The van der Waals surface area contributed by atoms with Crippen molar-refractivity contribution in [1.29, 1.82) is 0 Å². The highest BCUT2D eigenvalue weighted by molar-refractivity contribution is 5.94. The summed E-state index contributed by atoms with van der Waals surface area (Å²) in [5.74, 6) is 0.830. The zero-order valence-corrected chi connectivity index (χ0v) is 11.0. The lowest BCUT2D eigenvalue weighted by Crippen LogP contribution is -2.30. The van der Waals surface area contributed by atoms with E-state index >= 15 is 0 Å². The van der Waals surface area contributed by atoms with Crippen molar-refractivity contribution < 1.29 is 9.53 Å². The maximum atomic E-state index is 12.3. The van der Waals surface area contributed by atoms with Gasteiger partial charge in [-0.1, -0.05) is 0 Å². The molecule has 20 heavy (non-hydrogen) atoms. The first kappa shape index (κ1) is 12.6. The second kappa shape index (κ2) is 5.69. The summed E-state index contributed by atoms with van der Waals surface area (Å²) in [6.45, 7) is 1.33. The normalized spacial score (nSPS) is 18.0. The molecule has 0 aromatic carbocycles. The Balaban J connectivity index is 1.61. The van der Waals surface area contributed by atoms with E-state index in [1.807, 2.05) is 17.0 Å². The SMILES string of the molecule is O=C(c1ccncc1)N1CC[C@H](Oc2ccncc2)C1. The van der Waals surface area contributed by atoms with Crippen molar-refractivity contribution in [3.63, 3.8) is 0 Å². The monoisotopic (exact) mass is 269 g/mol. The van der Waals surface area contributed by atoms with E-state index in [-0.39, 0.29) is 12.0 Å². The number of amides is 1. The molecule has 1 fully saturated rings. The molecule has 2 aromatic rings. The van der Waals surface area contributed by atoms with E-state index in [1.165, 1.54) is 0 Å². The Morgan fingerprint density at radius 3 is 2.45 bits per heavy atom.